The van der Waals surface area contributed by atoms with E-state index in [2.05, 4.69) is 25.4 Å². The van der Waals surface area contributed by atoms with Crippen molar-refractivity contribution in [3.8, 4) is 5.75 Å². The average molecular weight is 595 g/mol. The zero-order valence-electron chi connectivity index (χ0n) is 23.6. The number of carbonyl (C=O) groups excluding carboxylic acids is 1. The summed E-state index contributed by atoms with van der Waals surface area (Å²) in [6.45, 7) is 8.13. The Hall–Kier alpha value is -3.16. The fourth-order valence-electron chi connectivity index (χ4n) is 4.25. The second-order valence-electron chi connectivity index (χ2n) is 10.1. The van der Waals surface area contributed by atoms with Gasteiger partial charge in [0.2, 0.25) is 0 Å². The number of nitrogens with one attached hydrogen (secondary N) is 2. The first kappa shape index (κ1) is 30.8. The molecule has 41 heavy (non-hydrogen) atoms. The maximum absolute atomic E-state index is 16.0. The van der Waals surface area contributed by atoms with E-state index >= 15 is 4.39 Å². The normalized spacial score (nSPS) is 24.7. The minimum atomic E-state index is -4.26. The molecule has 3 heterocycles. The van der Waals surface area contributed by atoms with E-state index in [0.29, 0.717) is 23.5 Å². The number of rotatable bonds is 13. The first-order valence-electron chi connectivity index (χ1n) is 13.4. The van der Waals surface area contributed by atoms with Gasteiger partial charge >= 0.3 is 13.7 Å². The van der Waals surface area contributed by atoms with E-state index < -0.39 is 56.6 Å². The van der Waals surface area contributed by atoms with E-state index in [1.807, 2.05) is 6.92 Å². The molecule has 6 atom stereocenters. The number of para-hydroxylation sites is 1. The number of aliphatic hydroxyl groups excluding tert-OH is 1. The lowest BCUT2D eigenvalue weighted by atomic mass is 9.98. The smallest absolute Gasteiger partial charge is 0.459 e. The van der Waals surface area contributed by atoms with Crippen LogP contribution in [-0.2, 0) is 23.4 Å². The molecule has 3 aromatic rings. The van der Waals surface area contributed by atoms with Crippen LogP contribution >= 0.6 is 7.75 Å². The lowest BCUT2D eigenvalue weighted by molar-refractivity contribution is -0.149. The number of imidazole rings is 1. The van der Waals surface area contributed by atoms with Crippen molar-refractivity contribution in [2.45, 2.75) is 77.3 Å². The largest absolute Gasteiger partial charge is 0.462 e. The van der Waals surface area contributed by atoms with Gasteiger partial charge < -0.3 is 24.4 Å². The van der Waals surface area contributed by atoms with E-state index in [4.69, 9.17) is 18.5 Å². The highest BCUT2D eigenvalue weighted by Crippen LogP contribution is 2.48. The van der Waals surface area contributed by atoms with Crippen LogP contribution in [0.3, 0.4) is 0 Å². The van der Waals surface area contributed by atoms with Crippen LogP contribution in [-0.4, -0.2) is 73.8 Å². The van der Waals surface area contributed by atoms with E-state index in [9.17, 15) is 14.5 Å². The molecule has 2 aromatic heterocycles. The van der Waals surface area contributed by atoms with Crippen molar-refractivity contribution in [2.75, 3.05) is 18.5 Å². The molecule has 0 unspecified atom stereocenters. The standard InChI is InChI=1S/C26H36FN6O7P/c1-6-12-28-22-20-23(30-14-29-22)33(15-31-20)25-26(5,27)21(34)19(39-25)13-37-41(36,40-18-10-8-7-9-11-18)32-17(4)24(35)38-16(2)3/h7-11,14-17,19,21,25,34H,6,12-13H2,1-5H3,(H,32,36)(H,28,29,30)/t17-,19+,21+,25+,26+,41+/m0/s1. The zero-order valence-corrected chi connectivity index (χ0v) is 24.5. The van der Waals surface area contributed by atoms with Gasteiger partial charge in [-0.1, -0.05) is 25.1 Å². The number of carbonyl (C=O) groups is 1. The summed E-state index contributed by atoms with van der Waals surface area (Å²) >= 11 is 0. The number of hydrogen-bond donors (Lipinski definition) is 3. The molecule has 0 aliphatic carbocycles. The lowest BCUT2D eigenvalue weighted by Gasteiger charge is -2.25. The molecule has 1 fully saturated rings. The van der Waals surface area contributed by atoms with Crippen LogP contribution < -0.4 is 14.9 Å². The summed E-state index contributed by atoms with van der Waals surface area (Å²) in [5.41, 5.74) is -1.59. The van der Waals surface area contributed by atoms with E-state index in [1.165, 1.54) is 31.1 Å². The quantitative estimate of drug-likeness (QED) is 0.195. The molecule has 4 rings (SSSR count). The molecule has 0 amide bonds. The van der Waals surface area contributed by atoms with Gasteiger partial charge in [-0.15, -0.1) is 0 Å². The summed E-state index contributed by atoms with van der Waals surface area (Å²) in [5, 5.41) is 16.6. The van der Waals surface area contributed by atoms with Crippen LogP contribution in [0.5, 0.6) is 5.75 Å². The summed E-state index contributed by atoms with van der Waals surface area (Å²) in [5.74, 6) is 0.0199. The van der Waals surface area contributed by atoms with Crippen LogP contribution in [0.4, 0.5) is 10.2 Å². The van der Waals surface area contributed by atoms with Gasteiger partial charge in [-0.3, -0.25) is 13.9 Å². The molecule has 0 saturated carbocycles. The summed E-state index contributed by atoms with van der Waals surface area (Å²) < 4.78 is 53.5. The molecule has 1 aliphatic rings. The predicted octanol–water partition coefficient (Wildman–Crippen LogP) is 3.77. The van der Waals surface area contributed by atoms with Gasteiger partial charge in [-0.2, -0.15) is 5.09 Å². The Balaban J connectivity index is 1.54. The Labute approximate surface area is 237 Å². The number of esters is 1. The number of fused-ring (bicyclic) bond motifs is 1. The summed E-state index contributed by atoms with van der Waals surface area (Å²) in [6.07, 6.45) is -1.13. The molecule has 0 spiro atoms. The third-order valence-electron chi connectivity index (χ3n) is 6.31. The van der Waals surface area contributed by atoms with Crippen LogP contribution in [0.2, 0.25) is 0 Å². The molecule has 0 radical (unpaired) electrons. The van der Waals surface area contributed by atoms with E-state index in [0.717, 1.165) is 6.42 Å². The van der Waals surface area contributed by atoms with Crippen LogP contribution in [0.15, 0.2) is 43.0 Å². The second-order valence-corrected chi connectivity index (χ2v) is 11.8. The minimum absolute atomic E-state index is 0.200. The molecule has 15 heteroatoms. The molecule has 1 aromatic carbocycles. The zero-order chi connectivity index (χ0) is 29.8. The van der Waals surface area contributed by atoms with Gasteiger partial charge in [-0.25, -0.2) is 23.9 Å². The number of anilines is 1. The number of aliphatic hydroxyl groups is 1. The van der Waals surface area contributed by atoms with Gasteiger partial charge in [0.15, 0.2) is 28.9 Å². The molecule has 1 saturated heterocycles. The van der Waals surface area contributed by atoms with E-state index in [1.54, 1.807) is 44.2 Å². The Morgan fingerprint density at radius 2 is 1.98 bits per heavy atom. The number of benzene rings is 1. The number of nitrogens with zero attached hydrogens (tertiary/aromatic N) is 4. The van der Waals surface area contributed by atoms with Crippen LogP contribution in [0.25, 0.3) is 11.2 Å². The SMILES string of the molecule is CCCNc1ncnc2c1ncn2[C@@H]1O[C@H](CO[P@](=O)(N[C@@H](C)C(=O)OC(C)C)Oc2ccccc2)[C@@H](O)[C@@]1(C)F. The highest BCUT2D eigenvalue weighted by atomic mass is 31.2. The van der Waals surface area contributed by atoms with Gasteiger partial charge in [0.25, 0.3) is 0 Å². The van der Waals surface area contributed by atoms with Gasteiger partial charge in [0.1, 0.15) is 30.3 Å². The Morgan fingerprint density at radius 1 is 1.24 bits per heavy atom. The number of aromatic nitrogens is 4. The maximum atomic E-state index is 16.0. The van der Waals surface area contributed by atoms with E-state index in [-0.39, 0.29) is 5.75 Å². The number of ether oxygens (including phenoxy) is 2. The van der Waals surface area contributed by atoms with Crippen molar-refractivity contribution in [1.82, 2.24) is 24.6 Å². The molecular formula is C26H36FN6O7P. The van der Waals surface area contributed by atoms with Gasteiger partial charge in [0, 0.05) is 6.54 Å². The molecule has 13 nitrogen and oxygen atoms in total. The highest BCUT2D eigenvalue weighted by molar-refractivity contribution is 7.52. The molecule has 1 aliphatic heterocycles. The minimum Gasteiger partial charge on any atom is -0.462 e. The van der Waals surface area contributed by atoms with Crippen LogP contribution in [0.1, 0.15) is 47.3 Å². The predicted molar refractivity (Wildman–Crippen MR) is 148 cm³/mol. The average Bonchev–Trinajstić information content (AvgIpc) is 3.44. The van der Waals surface area contributed by atoms with Crippen LogP contribution in [0, 0.1) is 0 Å². The summed E-state index contributed by atoms with van der Waals surface area (Å²) in [6, 6.07) is 7.11. The van der Waals surface area contributed by atoms with Crippen molar-refractivity contribution in [3.63, 3.8) is 0 Å². The van der Waals surface area contributed by atoms with Crippen molar-refractivity contribution in [2.24, 2.45) is 0 Å². The van der Waals surface area contributed by atoms with Gasteiger partial charge in [-0.05, 0) is 46.2 Å². The lowest BCUT2D eigenvalue weighted by Crippen LogP contribution is -2.41. The number of hydrogen-bond acceptors (Lipinski definition) is 11. The molecule has 0 bridgehead atoms. The topological polar surface area (TPSA) is 159 Å². The number of alkyl halides is 1. The fourth-order valence-corrected chi connectivity index (χ4v) is 5.75. The first-order valence-corrected chi connectivity index (χ1v) is 14.9. The second kappa shape index (κ2) is 12.8. The molecular weight excluding hydrogens is 558 g/mol. The third-order valence-corrected chi connectivity index (χ3v) is 7.95. The van der Waals surface area contributed by atoms with Crippen molar-refractivity contribution >= 4 is 30.7 Å². The Morgan fingerprint density at radius 3 is 2.66 bits per heavy atom. The molecule has 224 valence electrons. The molecule has 3 N–H and O–H groups in total. The highest BCUT2D eigenvalue weighted by Gasteiger charge is 2.56. The Kier molecular flexibility index (Phi) is 9.60. The third kappa shape index (κ3) is 7.02. The van der Waals surface area contributed by atoms with Gasteiger partial charge in [0.05, 0.1) is 19.0 Å². The Bertz CT molecular complexity index is 1370. The summed E-state index contributed by atoms with van der Waals surface area (Å²) in [7, 11) is -4.26. The summed E-state index contributed by atoms with van der Waals surface area (Å²) in [4.78, 5) is 25.2. The maximum Gasteiger partial charge on any atom is 0.459 e. The fraction of sp³-hybridized carbons (Fsp3) is 0.538. The monoisotopic (exact) mass is 594 g/mol. The van der Waals surface area contributed by atoms with Crippen molar-refractivity contribution in [1.29, 1.82) is 0 Å². The number of halogens is 1. The van der Waals surface area contributed by atoms with Crippen molar-refractivity contribution in [3.05, 3.63) is 43.0 Å². The van der Waals surface area contributed by atoms with Crippen molar-refractivity contribution < 1.29 is 37.4 Å². The first-order chi connectivity index (χ1) is 19.4.